The minimum absolute atomic E-state index is 0.0117. The van der Waals surface area contributed by atoms with Crippen molar-refractivity contribution in [2.75, 3.05) is 5.32 Å². The van der Waals surface area contributed by atoms with E-state index in [1.807, 2.05) is 37.3 Å². The van der Waals surface area contributed by atoms with E-state index in [9.17, 15) is 0 Å². The summed E-state index contributed by atoms with van der Waals surface area (Å²) >= 11 is 5.70. The molecule has 0 saturated carbocycles. The highest BCUT2D eigenvalue weighted by Crippen LogP contribution is 2.07. The summed E-state index contributed by atoms with van der Waals surface area (Å²) in [4.78, 5) is 0. The fourth-order valence-electron chi connectivity index (χ4n) is 0.764. The molecule has 0 aliphatic heterocycles. The Balaban J connectivity index is 2.59. The van der Waals surface area contributed by atoms with Crippen LogP contribution in [0.5, 0.6) is 0 Å². The molecule has 10 heavy (non-hydrogen) atoms. The van der Waals surface area contributed by atoms with Crippen molar-refractivity contribution in [3.8, 4) is 0 Å². The molecule has 0 radical (unpaired) electrons. The van der Waals surface area contributed by atoms with Gasteiger partial charge in [-0.3, -0.25) is 0 Å². The highest BCUT2D eigenvalue weighted by molar-refractivity contribution is 6.21. The predicted molar refractivity (Wildman–Crippen MR) is 45.4 cm³/mol. The lowest BCUT2D eigenvalue weighted by molar-refractivity contribution is 1.11. The van der Waals surface area contributed by atoms with E-state index in [0.29, 0.717) is 0 Å². The van der Waals surface area contributed by atoms with E-state index in [2.05, 4.69) is 5.32 Å². The molecule has 1 N–H and O–H groups in total. The monoisotopic (exact) mass is 155 g/mol. The zero-order valence-electron chi connectivity index (χ0n) is 5.84. The summed E-state index contributed by atoms with van der Waals surface area (Å²) in [6.45, 7) is 1.90. The molecule has 1 unspecified atom stereocenters. The minimum atomic E-state index is -0.0117. The Hall–Kier alpha value is -0.690. The number of nitrogens with one attached hydrogen (secondary N) is 1. The van der Waals surface area contributed by atoms with Gasteiger partial charge in [0.2, 0.25) is 0 Å². The molecule has 0 heterocycles. The van der Waals surface area contributed by atoms with Gasteiger partial charge in [0.05, 0.1) is 5.50 Å². The van der Waals surface area contributed by atoms with Gasteiger partial charge in [0, 0.05) is 5.69 Å². The van der Waals surface area contributed by atoms with Gasteiger partial charge < -0.3 is 5.32 Å². The number of benzene rings is 1. The summed E-state index contributed by atoms with van der Waals surface area (Å²) in [5, 5.41) is 3.07. The maximum absolute atomic E-state index is 5.70. The van der Waals surface area contributed by atoms with Crippen LogP contribution in [0.4, 0.5) is 5.69 Å². The first-order valence-electron chi connectivity index (χ1n) is 3.24. The molecule has 1 atom stereocenters. The van der Waals surface area contributed by atoms with Gasteiger partial charge in [-0.2, -0.15) is 0 Å². The van der Waals surface area contributed by atoms with E-state index >= 15 is 0 Å². The molecule has 0 spiro atoms. The molecule has 1 aromatic carbocycles. The highest BCUT2D eigenvalue weighted by Gasteiger charge is 1.92. The van der Waals surface area contributed by atoms with Crippen LogP contribution in [-0.4, -0.2) is 5.50 Å². The second kappa shape index (κ2) is 3.47. The van der Waals surface area contributed by atoms with Crippen LogP contribution in [-0.2, 0) is 0 Å². The number of hydrogen-bond acceptors (Lipinski definition) is 1. The maximum Gasteiger partial charge on any atom is 0.0984 e. The third kappa shape index (κ3) is 2.28. The van der Waals surface area contributed by atoms with Crippen LogP contribution in [0.1, 0.15) is 6.92 Å². The number of anilines is 1. The fourth-order valence-corrected chi connectivity index (χ4v) is 0.890. The summed E-state index contributed by atoms with van der Waals surface area (Å²) in [6, 6.07) is 9.89. The van der Waals surface area contributed by atoms with E-state index in [1.54, 1.807) is 0 Å². The van der Waals surface area contributed by atoms with Crippen molar-refractivity contribution in [1.82, 2.24) is 0 Å². The van der Waals surface area contributed by atoms with E-state index in [0.717, 1.165) is 5.69 Å². The molecule has 0 aromatic heterocycles. The Morgan fingerprint density at radius 3 is 2.40 bits per heavy atom. The van der Waals surface area contributed by atoms with Gasteiger partial charge in [0.25, 0.3) is 0 Å². The predicted octanol–water partition coefficient (Wildman–Crippen LogP) is 2.68. The zero-order valence-corrected chi connectivity index (χ0v) is 6.60. The van der Waals surface area contributed by atoms with E-state index < -0.39 is 0 Å². The highest BCUT2D eigenvalue weighted by atomic mass is 35.5. The van der Waals surface area contributed by atoms with E-state index in [1.165, 1.54) is 0 Å². The molecule has 1 aromatic rings. The Labute approximate surface area is 66.0 Å². The number of rotatable bonds is 2. The van der Waals surface area contributed by atoms with Crippen LogP contribution in [0.15, 0.2) is 30.3 Å². The van der Waals surface area contributed by atoms with Crippen LogP contribution >= 0.6 is 11.6 Å². The molecule has 0 amide bonds. The molecule has 2 heteroatoms. The quantitative estimate of drug-likeness (QED) is 0.512. The van der Waals surface area contributed by atoms with Gasteiger partial charge in [-0.1, -0.05) is 29.8 Å². The van der Waals surface area contributed by atoms with Crippen LogP contribution in [0.3, 0.4) is 0 Å². The van der Waals surface area contributed by atoms with Crippen molar-refractivity contribution in [2.45, 2.75) is 12.4 Å². The van der Waals surface area contributed by atoms with Crippen LogP contribution in [0.2, 0.25) is 0 Å². The number of para-hydroxylation sites is 1. The Morgan fingerprint density at radius 2 is 1.90 bits per heavy atom. The van der Waals surface area contributed by atoms with E-state index in [-0.39, 0.29) is 5.50 Å². The van der Waals surface area contributed by atoms with Crippen molar-refractivity contribution >= 4 is 17.3 Å². The number of halogens is 1. The van der Waals surface area contributed by atoms with Gasteiger partial charge in [-0.15, -0.1) is 0 Å². The average molecular weight is 156 g/mol. The molecule has 0 saturated heterocycles. The van der Waals surface area contributed by atoms with Gasteiger partial charge in [-0.25, -0.2) is 0 Å². The van der Waals surface area contributed by atoms with Crippen molar-refractivity contribution < 1.29 is 0 Å². The summed E-state index contributed by atoms with van der Waals surface area (Å²) in [5.74, 6) is 0. The second-order valence-electron chi connectivity index (χ2n) is 2.13. The standard InChI is InChI=1S/C8H10ClN/c1-7(9)10-8-5-3-2-4-6-8/h2-7,10H,1H3. The SMILES string of the molecule is CC(Cl)Nc1ccccc1. The second-order valence-corrected chi connectivity index (χ2v) is 2.78. The molecule has 1 rings (SSSR count). The summed E-state index contributed by atoms with van der Waals surface area (Å²) in [7, 11) is 0. The minimum Gasteiger partial charge on any atom is -0.369 e. The number of hydrogen-bond donors (Lipinski definition) is 1. The lowest BCUT2D eigenvalue weighted by Crippen LogP contribution is -2.05. The molecular weight excluding hydrogens is 146 g/mol. The first-order chi connectivity index (χ1) is 4.79. The summed E-state index contributed by atoms with van der Waals surface area (Å²) < 4.78 is 0. The molecule has 0 bridgehead atoms. The Kier molecular flexibility index (Phi) is 2.57. The third-order valence-electron chi connectivity index (χ3n) is 1.14. The van der Waals surface area contributed by atoms with Gasteiger partial charge in [0.1, 0.15) is 0 Å². The van der Waals surface area contributed by atoms with Crippen molar-refractivity contribution in [2.24, 2.45) is 0 Å². The Morgan fingerprint density at radius 1 is 1.30 bits per heavy atom. The molecule has 54 valence electrons. The molecule has 1 nitrogen and oxygen atoms in total. The summed E-state index contributed by atoms with van der Waals surface area (Å²) in [6.07, 6.45) is 0. The van der Waals surface area contributed by atoms with Crippen LogP contribution in [0.25, 0.3) is 0 Å². The smallest absolute Gasteiger partial charge is 0.0984 e. The maximum atomic E-state index is 5.70. The molecule has 0 fully saturated rings. The molecule has 0 aliphatic carbocycles. The summed E-state index contributed by atoms with van der Waals surface area (Å²) in [5.41, 5.74) is 1.05. The first kappa shape index (κ1) is 7.42. The normalized spacial score (nSPS) is 12.6. The molecule has 0 aliphatic rings. The zero-order chi connectivity index (χ0) is 7.40. The van der Waals surface area contributed by atoms with Crippen molar-refractivity contribution in [3.05, 3.63) is 30.3 Å². The largest absolute Gasteiger partial charge is 0.369 e. The van der Waals surface area contributed by atoms with Crippen molar-refractivity contribution in [3.63, 3.8) is 0 Å². The first-order valence-corrected chi connectivity index (χ1v) is 3.68. The Bertz CT molecular complexity index is 184. The van der Waals surface area contributed by atoms with Crippen molar-refractivity contribution in [1.29, 1.82) is 0 Å². The topological polar surface area (TPSA) is 12.0 Å². The third-order valence-corrected chi connectivity index (χ3v) is 1.25. The van der Waals surface area contributed by atoms with E-state index in [4.69, 9.17) is 11.6 Å². The lowest BCUT2D eigenvalue weighted by atomic mass is 10.3. The van der Waals surface area contributed by atoms with Gasteiger partial charge in [-0.05, 0) is 19.1 Å². The van der Waals surface area contributed by atoms with Crippen LogP contribution < -0.4 is 5.32 Å². The lowest BCUT2D eigenvalue weighted by Gasteiger charge is -2.06. The van der Waals surface area contributed by atoms with Gasteiger partial charge >= 0.3 is 0 Å². The van der Waals surface area contributed by atoms with Gasteiger partial charge in [0.15, 0.2) is 0 Å². The molecular formula is C8H10ClN. The number of alkyl halides is 1. The fraction of sp³-hybridized carbons (Fsp3) is 0.250. The average Bonchev–Trinajstić information content (AvgIpc) is 1.88. The van der Waals surface area contributed by atoms with Crippen LogP contribution in [0, 0.1) is 0 Å².